The summed E-state index contributed by atoms with van der Waals surface area (Å²) in [7, 11) is 0. The van der Waals surface area contributed by atoms with Crippen LogP contribution >= 0.6 is 0 Å². The van der Waals surface area contributed by atoms with Crippen molar-refractivity contribution in [2.75, 3.05) is 6.54 Å². The molecule has 2 aromatic rings. The summed E-state index contributed by atoms with van der Waals surface area (Å²) < 4.78 is 0. The maximum atomic E-state index is 4.42. The normalized spacial score (nSPS) is 16.0. The predicted octanol–water partition coefficient (Wildman–Crippen LogP) is 1.83. The zero-order valence-corrected chi connectivity index (χ0v) is 7.38. The van der Waals surface area contributed by atoms with Gasteiger partial charge in [-0.1, -0.05) is 18.2 Å². The minimum Gasteiger partial charge on any atom is -0.358 e. The van der Waals surface area contributed by atoms with Crippen molar-refractivity contribution in [3.05, 3.63) is 35.5 Å². The van der Waals surface area contributed by atoms with Crippen LogP contribution in [-0.4, -0.2) is 11.5 Å². The molecule has 2 heteroatoms. The Balaban J connectivity index is 2.34. The number of fused-ring (bicyclic) bond motifs is 3. The van der Waals surface area contributed by atoms with Crippen LogP contribution in [0.5, 0.6) is 0 Å². The quantitative estimate of drug-likeness (QED) is 0.626. The highest BCUT2D eigenvalue weighted by Crippen LogP contribution is 2.24. The van der Waals surface area contributed by atoms with E-state index in [0.717, 1.165) is 19.5 Å². The van der Waals surface area contributed by atoms with E-state index in [2.05, 4.69) is 34.6 Å². The van der Waals surface area contributed by atoms with Crippen LogP contribution in [0.1, 0.15) is 11.3 Å². The molecular weight excluding hydrogens is 160 g/mol. The van der Waals surface area contributed by atoms with Crippen molar-refractivity contribution >= 4 is 10.9 Å². The minimum absolute atomic E-state index is 0.888. The van der Waals surface area contributed by atoms with Gasteiger partial charge in [-0.25, -0.2) is 5.32 Å². The van der Waals surface area contributed by atoms with Gasteiger partial charge >= 0.3 is 0 Å². The minimum atomic E-state index is 0.888. The number of aromatic amines is 1. The summed E-state index contributed by atoms with van der Waals surface area (Å²) in [6.45, 7) is 1.86. The molecule has 0 aliphatic carbocycles. The zero-order chi connectivity index (χ0) is 8.67. The highest BCUT2D eigenvalue weighted by Gasteiger charge is 2.14. The van der Waals surface area contributed by atoms with Gasteiger partial charge < -0.3 is 4.98 Å². The number of aromatic nitrogens is 1. The smallest absolute Gasteiger partial charge is 0.0459 e. The number of hydrogen-bond acceptors (Lipinski definition) is 0. The van der Waals surface area contributed by atoms with Gasteiger partial charge in [-0.15, -0.1) is 0 Å². The third-order valence-electron chi connectivity index (χ3n) is 2.69. The van der Waals surface area contributed by atoms with Crippen LogP contribution in [0, 0.1) is 0 Å². The molecule has 1 aromatic carbocycles. The van der Waals surface area contributed by atoms with E-state index in [1.807, 2.05) is 0 Å². The fraction of sp³-hybridized carbons (Fsp3) is 0.273. The summed E-state index contributed by atoms with van der Waals surface area (Å²) in [6.07, 6.45) is 1.07. The van der Waals surface area contributed by atoms with E-state index in [-0.39, 0.29) is 0 Å². The van der Waals surface area contributed by atoms with Gasteiger partial charge in [-0.05, 0) is 11.6 Å². The predicted molar refractivity (Wildman–Crippen MR) is 52.7 cm³/mol. The molecule has 1 radical (unpaired) electrons. The number of hydrogen-bond donors (Lipinski definition) is 1. The first-order chi connectivity index (χ1) is 6.45. The van der Waals surface area contributed by atoms with Crippen LogP contribution in [0.4, 0.5) is 0 Å². The Morgan fingerprint density at radius 3 is 3.15 bits per heavy atom. The maximum Gasteiger partial charge on any atom is 0.0459 e. The monoisotopic (exact) mass is 171 g/mol. The molecule has 13 heavy (non-hydrogen) atoms. The van der Waals surface area contributed by atoms with Crippen LogP contribution in [0.25, 0.3) is 10.9 Å². The lowest BCUT2D eigenvalue weighted by molar-refractivity contribution is 0.627. The molecule has 0 spiro atoms. The van der Waals surface area contributed by atoms with Gasteiger partial charge in [0.2, 0.25) is 0 Å². The van der Waals surface area contributed by atoms with Crippen molar-refractivity contribution in [1.29, 1.82) is 0 Å². The van der Waals surface area contributed by atoms with Crippen molar-refractivity contribution in [3.8, 4) is 0 Å². The van der Waals surface area contributed by atoms with E-state index >= 15 is 0 Å². The SMILES string of the molecule is c1ccc2c3c([nH]c2c1)CC[N]C3. The Morgan fingerprint density at radius 2 is 2.15 bits per heavy atom. The van der Waals surface area contributed by atoms with Gasteiger partial charge in [0, 0.05) is 36.1 Å². The van der Waals surface area contributed by atoms with Gasteiger partial charge in [0.25, 0.3) is 0 Å². The van der Waals surface area contributed by atoms with E-state index in [4.69, 9.17) is 0 Å². The second kappa shape index (κ2) is 2.60. The van der Waals surface area contributed by atoms with Gasteiger partial charge in [0.05, 0.1) is 0 Å². The van der Waals surface area contributed by atoms with Crippen molar-refractivity contribution in [1.82, 2.24) is 10.3 Å². The second-order valence-electron chi connectivity index (χ2n) is 3.48. The number of benzene rings is 1. The molecule has 1 aliphatic heterocycles. The Bertz CT molecular complexity index is 442. The number of nitrogens with zero attached hydrogens (tertiary/aromatic N) is 1. The highest BCUT2D eigenvalue weighted by molar-refractivity contribution is 5.84. The summed E-state index contributed by atoms with van der Waals surface area (Å²) in [6, 6.07) is 8.46. The third kappa shape index (κ3) is 0.988. The highest BCUT2D eigenvalue weighted by atomic mass is 14.9. The standard InChI is InChI=1S/C11H11N2/c1-2-4-10-8(3-1)9-7-12-6-5-11(9)13-10/h1-4,13H,5-7H2. The number of rotatable bonds is 0. The maximum absolute atomic E-state index is 4.42. The number of H-pyrrole nitrogens is 1. The lowest BCUT2D eigenvalue weighted by atomic mass is 10.1. The van der Waals surface area contributed by atoms with Crippen molar-refractivity contribution in [2.45, 2.75) is 13.0 Å². The Kier molecular flexibility index (Phi) is 1.43. The van der Waals surface area contributed by atoms with Crippen LogP contribution in [-0.2, 0) is 13.0 Å². The van der Waals surface area contributed by atoms with Gasteiger partial charge in [0.15, 0.2) is 0 Å². The van der Waals surface area contributed by atoms with E-state index in [1.165, 1.54) is 22.2 Å². The van der Waals surface area contributed by atoms with E-state index < -0.39 is 0 Å². The van der Waals surface area contributed by atoms with Gasteiger partial charge in [-0.3, -0.25) is 0 Å². The van der Waals surface area contributed by atoms with Crippen LogP contribution < -0.4 is 5.32 Å². The molecule has 0 atom stereocenters. The fourth-order valence-electron chi connectivity index (χ4n) is 2.03. The molecule has 0 saturated carbocycles. The molecule has 0 bridgehead atoms. The summed E-state index contributed by atoms with van der Waals surface area (Å²) in [4.78, 5) is 3.46. The molecular formula is C11H11N2. The summed E-state index contributed by atoms with van der Waals surface area (Å²) in [5.74, 6) is 0. The molecule has 2 heterocycles. The van der Waals surface area contributed by atoms with Crippen LogP contribution in [0.15, 0.2) is 24.3 Å². The molecule has 1 aromatic heterocycles. The van der Waals surface area contributed by atoms with Crippen LogP contribution in [0.3, 0.4) is 0 Å². The molecule has 2 nitrogen and oxygen atoms in total. The molecule has 65 valence electrons. The molecule has 1 N–H and O–H groups in total. The molecule has 3 rings (SSSR count). The Labute approximate surface area is 77.0 Å². The number of para-hydroxylation sites is 1. The van der Waals surface area contributed by atoms with Crippen LogP contribution in [0.2, 0.25) is 0 Å². The molecule has 0 amide bonds. The summed E-state index contributed by atoms with van der Waals surface area (Å²) in [5.41, 5.74) is 4.04. The number of nitrogens with one attached hydrogen (secondary N) is 1. The average Bonchev–Trinajstić information content (AvgIpc) is 2.56. The average molecular weight is 171 g/mol. The largest absolute Gasteiger partial charge is 0.358 e. The second-order valence-corrected chi connectivity index (χ2v) is 3.48. The zero-order valence-electron chi connectivity index (χ0n) is 7.38. The lowest BCUT2D eigenvalue weighted by Gasteiger charge is -2.10. The molecule has 0 saturated heterocycles. The third-order valence-corrected chi connectivity index (χ3v) is 2.69. The summed E-state index contributed by atoms with van der Waals surface area (Å²) in [5, 5.41) is 5.77. The van der Waals surface area contributed by atoms with Crippen molar-refractivity contribution in [2.24, 2.45) is 0 Å². The summed E-state index contributed by atoms with van der Waals surface area (Å²) >= 11 is 0. The molecule has 0 fully saturated rings. The first kappa shape index (κ1) is 7.15. The first-order valence-electron chi connectivity index (χ1n) is 4.67. The van der Waals surface area contributed by atoms with E-state index in [1.54, 1.807) is 0 Å². The van der Waals surface area contributed by atoms with E-state index in [0.29, 0.717) is 0 Å². The first-order valence-corrected chi connectivity index (χ1v) is 4.67. The van der Waals surface area contributed by atoms with Gasteiger partial charge in [0.1, 0.15) is 0 Å². The van der Waals surface area contributed by atoms with Crippen molar-refractivity contribution < 1.29 is 0 Å². The lowest BCUT2D eigenvalue weighted by Crippen LogP contribution is -2.16. The fourth-order valence-corrected chi connectivity index (χ4v) is 2.03. The topological polar surface area (TPSA) is 29.9 Å². The molecule has 0 unspecified atom stereocenters. The van der Waals surface area contributed by atoms with Gasteiger partial charge in [-0.2, -0.15) is 0 Å². The molecule has 1 aliphatic rings. The van der Waals surface area contributed by atoms with E-state index in [9.17, 15) is 0 Å². The Morgan fingerprint density at radius 1 is 1.23 bits per heavy atom. The Hall–Kier alpha value is -1.28. The van der Waals surface area contributed by atoms with Crippen molar-refractivity contribution in [3.63, 3.8) is 0 Å².